The Balaban J connectivity index is 1.24. The van der Waals surface area contributed by atoms with Crippen LogP contribution in [-0.4, -0.2) is 99.9 Å². The third-order valence-corrected chi connectivity index (χ3v) is 11.2. The summed E-state index contributed by atoms with van der Waals surface area (Å²) in [7, 11) is 0. The molecule has 0 aromatic heterocycles. The van der Waals surface area contributed by atoms with Gasteiger partial charge in [0, 0.05) is 47.1 Å². The maximum absolute atomic E-state index is 13.1. The van der Waals surface area contributed by atoms with Gasteiger partial charge in [0.15, 0.2) is 0 Å². The lowest BCUT2D eigenvalue weighted by Gasteiger charge is -2.54. The Morgan fingerprint density at radius 2 is 1.93 bits per heavy atom. The third-order valence-electron chi connectivity index (χ3n) is 8.16. The fourth-order valence-electron chi connectivity index (χ4n) is 6.24. The molecular weight excluding hydrogens is 597 g/mol. The number of amides is 3. The Kier molecular flexibility index (Phi) is 8.94. The monoisotopic (exact) mass is 628 g/mol. The zero-order valence-electron chi connectivity index (χ0n) is 21.7. The van der Waals surface area contributed by atoms with Crippen molar-refractivity contribution in [2.75, 3.05) is 44.2 Å². The van der Waals surface area contributed by atoms with Crippen LogP contribution in [-0.2, 0) is 19.2 Å². The van der Waals surface area contributed by atoms with E-state index < -0.39 is 23.3 Å². The number of nitrogens with one attached hydrogen (secondary N) is 2. The smallest absolute Gasteiger partial charge is 0.352 e. The highest BCUT2D eigenvalue weighted by Crippen LogP contribution is 2.43. The number of carboxylic acid groups (broad SMARTS) is 1. The minimum absolute atomic E-state index is 0.0308. The summed E-state index contributed by atoms with van der Waals surface area (Å²) in [4.78, 5) is 52.4. The number of halogens is 2. The first-order valence-electron chi connectivity index (χ1n) is 13.2. The van der Waals surface area contributed by atoms with Crippen LogP contribution in [0.2, 0.25) is 10.0 Å². The van der Waals surface area contributed by atoms with E-state index in [1.807, 2.05) is 0 Å². The number of nitrogens with zero attached hydrogens (tertiary/aromatic N) is 2. The first kappa shape index (κ1) is 29.5. The zero-order chi connectivity index (χ0) is 28.6. The second-order valence-electron chi connectivity index (χ2n) is 10.8. The number of β-lactam (4-membered cyclic amide) rings is 1. The highest BCUT2D eigenvalue weighted by atomic mass is 35.5. The Labute approximate surface area is 250 Å². The molecule has 5 N–H and O–H groups in total. The van der Waals surface area contributed by atoms with Crippen molar-refractivity contribution in [3.63, 3.8) is 0 Å². The third kappa shape index (κ3) is 5.98. The number of benzene rings is 1. The van der Waals surface area contributed by atoms with Crippen LogP contribution in [0.1, 0.15) is 19.3 Å². The summed E-state index contributed by atoms with van der Waals surface area (Å²) in [5, 5.41) is 16.6. The van der Waals surface area contributed by atoms with Crippen molar-refractivity contribution in [3.8, 4) is 0 Å². The number of piperidine rings is 3. The van der Waals surface area contributed by atoms with Crippen molar-refractivity contribution < 1.29 is 28.8 Å². The van der Waals surface area contributed by atoms with E-state index in [0.717, 1.165) is 38.0 Å². The Morgan fingerprint density at radius 3 is 2.62 bits per heavy atom. The minimum atomic E-state index is -1.14. The van der Waals surface area contributed by atoms with Gasteiger partial charge < -0.3 is 26.0 Å². The largest absolute Gasteiger partial charge is 0.477 e. The highest BCUT2D eigenvalue weighted by Gasteiger charge is 2.55. The van der Waals surface area contributed by atoms with E-state index in [9.17, 15) is 24.3 Å². The molecule has 10 nitrogen and oxygen atoms in total. The van der Waals surface area contributed by atoms with Crippen LogP contribution in [0.15, 0.2) is 34.4 Å². The molecule has 6 rings (SSSR count). The number of carbonyl (C=O) groups excluding carboxylic acids is 3. The van der Waals surface area contributed by atoms with Crippen molar-refractivity contribution in [1.29, 1.82) is 0 Å². The number of carbonyl (C=O) groups is 4. The number of fused-ring (bicyclic) bond motifs is 4. The molecule has 5 aliphatic rings. The molecule has 3 atom stereocenters. The van der Waals surface area contributed by atoms with Gasteiger partial charge in [-0.25, -0.2) is 4.79 Å². The molecule has 5 heterocycles. The van der Waals surface area contributed by atoms with E-state index in [2.05, 4.69) is 10.6 Å². The molecule has 0 spiro atoms. The van der Waals surface area contributed by atoms with E-state index >= 15 is 0 Å². The van der Waals surface area contributed by atoms with Crippen molar-refractivity contribution in [3.05, 3.63) is 39.5 Å². The summed E-state index contributed by atoms with van der Waals surface area (Å²) in [6.07, 6.45) is 2.22. The molecule has 40 heavy (non-hydrogen) atoms. The predicted octanol–water partition coefficient (Wildman–Crippen LogP) is 1.90. The summed E-state index contributed by atoms with van der Waals surface area (Å²) in [6, 6.07) is 4.25. The summed E-state index contributed by atoms with van der Waals surface area (Å²) >= 11 is 14.9. The fraction of sp³-hybridized carbons (Fsp3) is 0.538. The number of quaternary nitrogens is 1. The Hall–Kier alpha value is -1.96. The number of rotatable bonds is 10. The van der Waals surface area contributed by atoms with Gasteiger partial charge in [0.1, 0.15) is 23.7 Å². The van der Waals surface area contributed by atoms with Crippen molar-refractivity contribution >= 4 is 70.4 Å². The van der Waals surface area contributed by atoms with Gasteiger partial charge in [0.2, 0.25) is 11.8 Å². The summed E-state index contributed by atoms with van der Waals surface area (Å²) in [5.41, 5.74) is 6.29. The van der Waals surface area contributed by atoms with Crippen LogP contribution in [0.3, 0.4) is 0 Å². The number of hydrogen-bond acceptors (Lipinski definition) is 7. The number of nitrogens with two attached hydrogens (primary N) is 1. The molecule has 0 aliphatic carbocycles. The molecule has 3 amide bonds. The first-order chi connectivity index (χ1) is 19.1. The quantitative estimate of drug-likeness (QED) is 0.175. The van der Waals surface area contributed by atoms with E-state index in [1.165, 1.54) is 28.4 Å². The van der Waals surface area contributed by atoms with Gasteiger partial charge in [-0.2, -0.15) is 0 Å². The first-order valence-corrected chi connectivity index (χ1v) is 16.0. The molecule has 1 aromatic carbocycles. The molecule has 1 unspecified atom stereocenters. The van der Waals surface area contributed by atoms with Crippen LogP contribution < -0.4 is 16.4 Å². The van der Waals surface area contributed by atoms with E-state index in [1.54, 1.807) is 18.2 Å². The lowest BCUT2D eigenvalue weighted by atomic mass is 9.81. The zero-order valence-corrected chi connectivity index (χ0v) is 24.9. The van der Waals surface area contributed by atoms with Gasteiger partial charge in [-0.1, -0.05) is 23.2 Å². The fourth-order valence-corrected chi connectivity index (χ4v) is 8.88. The Morgan fingerprint density at radius 1 is 1.18 bits per heavy atom. The standard InChI is InChI=1S/C26H31Cl2N5O5S2/c27-16-1-2-17(28)19(9-16)39-13-21(35)31-22-24(36)32-23(26(37)38)15(12-40-25(22)32)10-33-7-4-14(5-8-33)18(11-33)30-20(34)3-6-29/h1-2,9,14,18,22,25H,3-8,10-13,29H2,(H2-,30,31,34,35,37,38)/p+1/t14?,18?,22-,25-,33?/m1/s1. The molecule has 4 saturated heterocycles. The number of carboxylic acids is 1. The molecule has 5 aliphatic heterocycles. The normalized spacial score (nSPS) is 29.1. The lowest BCUT2D eigenvalue weighted by molar-refractivity contribution is -0.939. The van der Waals surface area contributed by atoms with E-state index in [-0.39, 0.29) is 35.7 Å². The lowest BCUT2D eigenvalue weighted by Crippen LogP contribution is -2.71. The minimum Gasteiger partial charge on any atom is -0.477 e. The number of aliphatic carboxylic acids is 1. The molecule has 0 radical (unpaired) electrons. The van der Waals surface area contributed by atoms with E-state index in [4.69, 9.17) is 28.9 Å². The van der Waals surface area contributed by atoms with Crippen LogP contribution >= 0.6 is 46.7 Å². The van der Waals surface area contributed by atoms with Crippen LogP contribution in [0.25, 0.3) is 0 Å². The summed E-state index contributed by atoms with van der Waals surface area (Å²) in [5.74, 6) is -1.02. The van der Waals surface area contributed by atoms with Crippen molar-refractivity contribution in [2.24, 2.45) is 11.7 Å². The average molecular weight is 630 g/mol. The van der Waals surface area contributed by atoms with E-state index in [0.29, 0.717) is 44.2 Å². The number of thioether (sulfide) groups is 2. The van der Waals surface area contributed by atoms with Crippen LogP contribution in [0.5, 0.6) is 0 Å². The van der Waals surface area contributed by atoms with Crippen LogP contribution in [0, 0.1) is 5.92 Å². The predicted molar refractivity (Wildman–Crippen MR) is 155 cm³/mol. The van der Waals surface area contributed by atoms with Gasteiger partial charge in [-0.3, -0.25) is 19.3 Å². The van der Waals surface area contributed by atoms with Crippen molar-refractivity contribution in [2.45, 2.75) is 41.6 Å². The highest BCUT2D eigenvalue weighted by molar-refractivity contribution is 8.00. The molecule has 216 valence electrons. The molecule has 1 aromatic rings. The maximum atomic E-state index is 13.1. The molecular formula is C26H32Cl2N5O5S2+. The second kappa shape index (κ2) is 12.1. The van der Waals surface area contributed by atoms with Gasteiger partial charge >= 0.3 is 5.97 Å². The van der Waals surface area contributed by atoms with Crippen molar-refractivity contribution in [1.82, 2.24) is 15.5 Å². The molecule has 4 fully saturated rings. The second-order valence-corrected chi connectivity index (χ2v) is 13.7. The maximum Gasteiger partial charge on any atom is 0.352 e. The van der Waals surface area contributed by atoms with Gasteiger partial charge in [0.25, 0.3) is 5.91 Å². The molecule has 2 bridgehead atoms. The summed E-state index contributed by atoms with van der Waals surface area (Å²) < 4.78 is 0.701. The molecule has 14 heteroatoms. The summed E-state index contributed by atoms with van der Waals surface area (Å²) in [6.45, 7) is 3.40. The topological polar surface area (TPSA) is 142 Å². The van der Waals surface area contributed by atoms with Gasteiger partial charge in [-0.15, -0.1) is 23.5 Å². The molecule has 0 saturated carbocycles. The SMILES string of the molecule is NCCC(=O)NC1C[N+]2(CC3=C(C(=O)O)N4C(=O)[C@@H](NC(=O)CSc5cc(Cl)ccc5Cl)[C@H]4SC3)CCC1CC2. The Bertz CT molecular complexity index is 1260. The van der Waals surface area contributed by atoms with Gasteiger partial charge in [0.05, 0.1) is 36.5 Å². The number of hydrogen-bond donors (Lipinski definition) is 4. The van der Waals surface area contributed by atoms with Gasteiger partial charge in [-0.05, 0) is 24.1 Å². The van der Waals surface area contributed by atoms with Crippen LogP contribution in [0.4, 0.5) is 0 Å². The average Bonchev–Trinajstić information content (AvgIpc) is 2.92.